The number of nitrogens with two attached hydrogens (primary N) is 1. The Morgan fingerprint density at radius 1 is 1.47 bits per heavy atom. The molecule has 0 aromatic carbocycles. The summed E-state index contributed by atoms with van der Waals surface area (Å²) in [7, 11) is 0. The van der Waals surface area contributed by atoms with Gasteiger partial charge in [0, 0.05) is 25.2 Å². The fourth-order valence-electron chi connectivity index (χ4n) is 2.78. The van der Waals surface area contributed by atoms with Gasteiger partial charge in [0.1, 0.15) is 0 Å². The van der Waals surface area contributed by atoms with E-state index in [2.05, 4.69) is 18.7 Å². The second-order valence-corrected chi connectivity index (χ2v) is 5.11. The number of hydrogen-bond donors (Lipinski definition) is 1. The monoisotopic (exact) mass is 212 g/mol. The molecular formula is C12H24N2O. The van der Waals surface area contributed by atoms with Gasteiger partial charge in [-0.05, 0) is 45.6 Å². The standard InChI is InChI=1S/C12H24N2O/c1-3-15-12-6-11(7-12)14-5-4-10(8-14)9(2)13/h9-12H,3-8,13H2,1-2H3. The van der Waals surface area contributed by atoms with Crippen molar-refractivity contribution in [2.24, 2.45) is 11.7 Å². The van der Waals surface area contributed by atoms with E-state index in [1.54, 1.807) is 0 Å². The number of ether oxygens (including phenoxy) is 1. The smallest absolute Gasteiger partial charge is 0.0604 e. The summed E-state index contributed by atoms with van der Waals surface area (Å²) in [4.78, 5) is 2.61. The Morgan fingerprint density at radius 2 is 2.20 bits per heavy atom. The van der Waals surface area contributed by atoms with Crippen LogP contribution in [0.3, 0.4) is 0 Å². The summed E-state index contributed by atoms with van der Waals surface area (Å²) in [5.74, 6) is 0.719. The van der Waals surface area contributed by atoms with Gasteiger partial charge in [0.2, 0.25) is 0 Å². The molecule has 1 heterocycles. The number of likely N-dealkylation sites (tertiary alicyclic amines) is 1. The van der Waals surface area contributed by atoms with Gasteiger partial charge in [-0.3, -0.25) is 4.90 Å². The first kappa shape index (κ1) is 11.4. The normalized spacial score (nSPS) is 39.0. The lowest BCUT2D eigenvalue weighted by molar-refractivity contribution is -0.0416. The highest BCUT2D eigenvalue weighted by atomic mass is 16.5. The van der Waals surface area contributed by atoms with E-state index in [9.17, 15) is 0 Å². The van der Waals surface area contributed by atoms with Crippen molar-refractivity contribution in [3.05, 3.63) is 0 Å². The molecule has 2 rings (SSSR count). The first-order valence-electron chi connectivity index (χ1n) is 6.32. The summed E-state index contributed by atoms with van der Waals surface area (Å²) in [6.07, 6.45) is 4.29. The van der Waals surface area contributed by atoms with Gasteiger partial charge in [0.15, 0.2) is 0 Å². The first-order valence-corrected chi connectivity index (χ1v) is 6.32. The van der Waals surface area contributed by atoms with Crippen LogP contribution < -0.4 is 5.73 Å². The summed E-state index contributed by atoms with van der Waals surface area (Å²) in [5.41, 5.74) is 5.94. The van der Waals surface area contributed by atoms with Crippen LogP contribution in [0.4, 0.5) is 0 Å². The maximum Gasteiger partial charge on any atom is 0.0604 e. The van der Waals surface area contributed by atoms with Gasteiger partial charge in [0.25, 0.3) is 0 Å². The zero-order valence-electron chi connectivity index (χ0n) is 9.98. The van der Waals surface area contributed by atoms with Crippen molar-refractivity contribution in [2.45, 2.75) is 51.3 Å². The van der Waals surface area contributed by atoms with Gasteiger partial charge in [-0.2, -0.15) is 0 Å². The van der Waals surface area contributed by atoms with Gasteiger partial charge in [-0.25, -0.2) is 0 Å². The molecule has 88 valence electrons. The SMILES string of the molecule is CCOC1CC(N2CCC(C(C)N)C2)C1. The third kappa shape index (κ3) is 2.52. The van der Waals surface area contributed by atoms with Crippen LogP contribution in [-0.2, 0) is 4.74 Å². The Kier molecular flexibility index (Phi) is 3.65. The second-order valence-electron chi connectivity index (χ2n) is 5.11. The summed E-state index contributed by atoms with van der Waals surface area (Å²) in [6.45, 7) is 7.53. The molecule has 1 aliphatic heterocycles. The molecule has 0 amide bonds. The number of hydrogen-bond acceptors (Lipinski definition) is 3. The van der Waals surface area contributed by atoms with E-state index >= 15 is 0 Å². The number of rotatable bonds is 4. The zero-order chi connectivity index (χ0) is 10.8. The van der Waals surface area contributed by atoms with Crippen molar-refractivity contribution in [1.82, 2.24) is 4.90 Å². The molecule has 0 spiro atoms. The largest absolute Gasteiger partial charge is 0.378 e. The van der Waals surface area contributed by atoms with Gasteiger partial charge in [-0.1, -0.05) is 0 Å². The Labute approximate surface area is 93.0 Å². The minimum atomic E-state index is 0.359. The molecule has 2 unspecified atom stereocenters. The van der Waals surface area contributed by atoms with Crippen molar-refractivity contribution >= 4 is 0 Å². The van der Waals surface area contributed by atoms with E-state index in [0.717, 1.165) is 18.6 Å². The predicted molar refractivity (Wildman–Crippen MR) is 61.8 cm³/mol. The van der Waals surface area contributed by atoms with Crippen molar-refractivity contribution < 1.29 is 4.74 Å². The third-order valence-corrected chi connectivity index (χ3v) is 3.99. The van der Waals surface area contributed by atoms with Crippen molar-refractivity contribution in [1.29, 1.82) is 0 Å². The van der Waals surface area contributed by atoms with Gasteiger partial charge < -0.3 is 10.5 Å². The Morgan fingerprint density at radius 3 is 2.73 bits per heavy atom. The summed E-state index contributed by atoms with van der Waals surface area (Å²) >= 11 is 0. The topological polar surface area (TPSA) is 38.5 Å². The summed E-state index contributed by atoms with van der Waals surface area (Å²) in [6, 6.07) is 1.14. The van der Waals surface area contributed by atoms with E-state index in [1.807, 2.05) is 0 Å². The Balaban J connectivity index is 1.70. The van der Waals surface area contributed by atoms with E-state index in [-0.39, 0.29) is 0 Å². The molecule has 2 fully saturated rings. The molecule has 15 heavy (non-hydrogen) atoms. The molecule has 2 atom stereocenters. The maximum atomic E-state index is 5.94. The van der Waals surface area contributed by atoms with E-state index in [4.69, 9.17) is 10.5 Å². The van der Waals surface area contributed by atoms with Crippen LogP contribution in [-0.4, -0.2) is 42.8 Å². The molecule has 3 nitrogen and oxygen atoms in total. The summed E-state index contributed by atoms with van der Waals surface area (Å²) in [5, 5.41) is 0. The van der Waals surface area contributed by atoms with E-state index in [0.29, 0.717) is 12.1 Å². The second kappa shape index (κ2) is 4.81. The molecular weight excluding hydrogens is 188 g/mol. The van der Waals surface area contributed by atoms with Crippen LogP contribution in [0.2, 0.25) is 0 Å². The molecule has 2 aliphatic rings. The van der Waals surface area contributed by atoms with Crippen LogP contribution in [0, 0.1) is 5.92 Å². The average Bonchev–Trinajstić information content (AvgIpc) is 2.59. The van der Waals surface area contributed by atoms with Crippen molar-refractivity contribution in [3.63, 3.8) is 0 Å². The predicted octanol–water partition coefficient (Wildman–Crippen LogP) is 1.22. The van der Waals surface area contributed by atoms with Crippen molar-refractivity contribution in [2.75, 3.05) is 19.7 Å². The van der Waals surface area contributed by atoms with E-state index in [1.165, 1.54) is 32.4 Å². The van der Waals surface area contributed by atoms with Crippen LogP contribution in [0.1, 0.15) is 33.1 Å². The van der Waals surface area contributed by atoms with Crippen LogP contribution in [0.25, 0.3) is 0 Å². The molecule has 1 saturated heterocycles. The average molecular weight is 212 g/mol. The fraction of sp³-hybridized carbons (Fsp3) is 1.00. The molecule has 1 saturated carbocycles. The highest BCUT2D eigenvalue weighted by Gasteiger charge is 2.37. The molecule has 0 radical (unpaired) electrons. The van der Waals surface area contributed by atoms with E-state index < -0.39 is 0 Å². The fourth-order valence-corrected chi connectivity index (χ4v) is 2.78. The third-order valence-electron chi connectivity index (χ3n) is 3.99. The minimum absolute atomic E-state index is 0.359. The van der Waals surface area contributed by atoms with Crippen molar-refractivity contribution in [3.8, 4) is 0 Å². The Bertz CT molecular complexity index is 202. The van der Waals surface area contributed by atoms with Gasteiger partial charge in [0.05, 0.1) is 6.10 Å². The zero-order valence-corrected chi connectivity index (χ0v) is 9.98. The lowest BCUT2D eigenvalue weighted by Gasteiger charge is -2.41. The molecule has 0 aromatic rings. The van der Waals surface area contributed by atoms with Gasteiger partial charge in [-0.15, -0.1) is 0 Å². The lowest BCUT2D eigenvalue weighted by Crippen LogP contribution is -2.47. The maximum absolute atomic E-state index is 5.94. The quantitative estimate of drug-likeness (QED) is 0.761. The summed E-state index contributed by atoms with van der Waals surface area (Å²) < 4.78 is 5.59. The Hall–Kier alpha value is -0.120. The molecule has 2 N–H and O–H groups in total. The highest BCUT2D eigenvalue weighted by molar-refractivity contribution is 4.92. The molecule has 0 aromatic heterocycles. The minimum Gasteiger partial charge on any atom is -0.378 e. The molecule has 3 heteroatoms. The highest BCUT2D eigenvalue weighted by Crippen LogP contribution is 2.32. The molecule has 0 bridgehead atoms. The van der Waals surface area contributed by atoms with Gasteiger partial charge >= 0.3 is 0 Å². The molecule has 1 aliphatic carbocycles. The lowest BCUT2D eigenvalue weighted by atomic mass is 9.88. The van der Waals surface area contributed by atoms with Crippen LogP contribution >= 0.6 is 0 Å². The first-order chi connectivity index (χ1) is 7.20. The number of nitrogens with zero attached hydrogens (tertiary/aromatic N) is 1. The van der Waals surface area contributed by atoms with Crippen LogP contribution in [0.5, 0.6) is 0 Å². The van der Waals surface area contributed by atoms with Crippen LogP contribution in [0.15, 0.2) is 0 Å².